The highest BCUT2D eigenvalue weighted by atomic mass is 16.2. The number of aryl methyl sites for hydroxylation is 2. The number of piperazine rings is 1. The molecule has 0 aromatic carbocycles. The van der Waals surface area contributed by atoms with Crippen molar-refractivity contribution in [1.29, 1.82) is 0 Å². The molecule has 0 radical (unpaired) electrons. The molecule has 2 saturated heterocycles. The maximum absolute atomic E-state index is 13.0. The molecule has 2 atom stereocenters. The lowest BCUT2D eigenvalue weighted by atomic mass is 9.99. The van der Waals surface area contributed by atoms with Gasteiger partial charge in [0.05, 0.1) is 11.7 Å². The van der Waals surface area contributed by atoms with Crippen LogP contribution < -0.4 is 10.9 Å². The predicted octanol–water partition coefficient (Wildman–Crippen LogP) is 0.726. The molecule has 2 aromatic heterocycles. The number of hydrazine groups is 1. The van der Waals surface area contributed by atoms with Crippen molar-refractivity contribution in [3.63, 3.8) is 0 Å². The number of hydrogen-bond donors (Lipinski definition) is 2. The normalized spacial score (nSPS) is 22.9. The van der Waals surface area contributed by atoms with Crippen LogP contribution in [0.4, 0.5) is 0 Å². The second kappa shape index (κ2) is 8.61. The van der Waals surface area contributed by atoms with E-state index in [-0.39, 0.29) is 18.0 Å². The molecule has 8 nitrogen and oxygen atoms in total. The van der Waals surface area contributed by atoms with E-state index in [2.05, 4.69) is 38.8 Å². The number of nitrogens with one attached hydrogen (secondary N) is 2. The number of amides is 1. The Balaban J connectivity index is 1.27. The van der Waals surface area contributed by atoms with Crippen LogP contribution in [0.25, 0.3) is 0 Å². The van der Waals surface area contributed by atoms with Crippen molar-refractivity contribution in [2.75, 3.05) is 32.7 Å². The summed E-state index contributed by atoms with van der Waals surface area (Å²) in [7, 11) is 1.96. The van der Waals surface area contributed by atoms with Gasteiger partial charge in [0.2, 0.25) is 5.91 Å². The third-order valence-corrected chi connectivity index (χ3v) is 6.21. The number of carbonyl (C=O) groups excluding carboxylic acids is 1. The molecule has 29 heavy (non-hydrogen) atoms. The Kier molecular flexibility index (Phi) is 5.94. The first-order valence-corrected chi connectivity index (χ1v) is 10.4. The molecule has 0 saturated carbocycles. The fourth-order valence-electron chi connectivity index (χ4n) is 4.43. The van der Waals surface area contributed by atoms with E-state index in [1.54, 1.807) is 0 Å². The fourth-order valence-corrected chi connectivity index (χ4v) is 4.43. The molecule has 8 heteroatoms. The Bertz CT molecular complexity index is 842. The Hall–Kier alpha value is -2.29. The summed E-state index contributed by atoms with van der Waals surface area (Å²) in [5, 5.41) is 4.51. The van der Waals surface area contributed by atoms with Gasteiger partial charge in [0.25, 0.3) is 0 Å². The molecule has 0 bridgehead atoms. The summed E-state index contributed by atoms with van der Waals surface area (Å²) in [6.45, 7) is 8.51. The van der Waals surface area contributed by atoms with Gasteiger partial charge in [-0.25, -0.2) is 10.9 Å². The summed E-state index contributed by atoms with van der Waals surface area (Å²) in [6.07, 6.45) is 3.55. The van der Waals surface area contributed by atoms with Gasteiger partial charge in [-0.1, -0.05) is 6.07 Å². The predicted molar refractivity (Wildman–Crippen MR) is 111 cm³/mol. The highest BCUT2D eigenvalue weighted by Gasteiger charge is 2.35. The minimum absolute atomic E-state index is 0.123. The van der Waals surface area contributed by atoms with E-state index < -0.39 is 0 Å². The smallest absolute Gasteiger partial charge is 0.241 e. The number of hydrogen-bond acceptors (Lipinski definition) is 6. The quantitative estimate of drug-likeness (QED) is 0.774. The average Bonchev–Trinajstić information content (AvgIpc) is 3.31. The van der Waals surface area contributed by atoms with Gasteiger partial charge in [0, 0.05) is 69.3 Å². The van der Waals surface area contributed by atoms with Crippen LogP contribution >= 0.6 is 0 Å². The maximum atomic E-state index is 13.0. The van der Waals surface area contributed by atoms with Crippen LogP contribution in [0.1, 0.15) is 35.1 Å². The van der Waals surface area contributed by atoms with Crippen molar-refractivity contribution in [2.24, 2.45) is 7.05 Å². The van der Waals surface area contributed by atoms with E-state index in [1.165, 1.54) is 5.56 Å². The lowest BCUT2D eigenvalue weighted by molar-refractivity contribution is -0.134. The van der Waals surface area contributed by atoms with Crippen molar-refractivity contribution in [2.45, 2.75) is 38.8 Å². The number of aromatic nitrogens is 3. The lowest BCUT2D eigenvalue weighted by Crippen LogP contribution is -2.53. The summed E-state index contributed by atoms with van der Waals surface area (Å²) < 4.78 is 1.91. The standard InChI is InChI=1S/C21H31N7O/c1-15-20(16(2)26(3)25-15)18-14-19(24-23-18)21(29)28-12-10-27(11-13-28)9-7-17-6-4-5-8-22-17/h4-6,8,18-19,23-24H,7,9-14H2,1-3H3. The third kappa shape index (κ3) is 4.34. The first-order chi connectivity index (χ1) is 14.0. The van der Waals surface area contributed by atoms with Gasteiger partial charge in [-0.3, -0.25) is 19.4 Å². The first kappa shape index (κ1) is 20.0. The molecule has 2 aliphatic heterocycles. The van der Waals surface area contributed by atoms with Gasteiger partial charge in [0.15, 0.2) is 0 Å². The van der Waals surface area contributed by atoms with Crippen LogP contribution in [0.5, 0.6) is 0 Å². The molecule has 1 amide bonds. The number of pyridine rings is 1. The lowest BCUT2D eigenvalue weighted by Gasteiger charge is -2.35. The van der Waals surface area contributed by atoms with Crippen LogP contribution in [0.2, 0.25) is 0 Å². The minimum atomic E-state index is -0.181. The van der Waals surface area contributed by atoms with Gasteiger partial charge in [-0.2, -0.15) is 5.10 Å². The van der Waals surface area contributed by atoms with Crippen LogP contribution in [0, 0.1) is 13.8 Å². The van der Waals surface area contributed by atoms with Gasteiger partial charge >= 0.3 is 0 Å². The van der Waals surface area contributed by atoms with E-state index in [1.807, 2.05) is 41.9 Å². The Morgan fingerprint density at radius 2 is 1.97 bits per heavy atom. The summed E-state index contributed by atoms with van der Waals surface area (Å²) in [6, 6.07) is 5.99. The summed E-state index contributed by atoms with van der Waals surface area (Å²) in [5.74, 6) is 0.198. The van der Waals surface area contributed by atoms with Gasteiger partial charge in [-0.05, 0) is 32.4 Å². The summed E-state index contributed by atoms with van der Waals surface area (Å²) >= 11 is 0. The van der Waals surface area contributed by atoms with Crippen LogP contribution in [-0.4, -0.2) is 69.2 Å². The van der Waals surface area contributed by atoms with Crippen molar-refractivity contribution < 1.29 is 4.79 Å². The highest BCUT2D eigenvalue weighted by molar-refractivity contribution is 5.82. The van der Waals surface area contributed by atoms with E-state index in [0.717, 1.165) is 62.6 Å². The number of carbonyl (C=O) groups is 1. The van der Waals surface area contributed by atoms with Gasteiger partial charge in [-0.15, -0.1) is 0 Å². The van der Waals surface area contributed by atoms with Crippen molar-refractivity contribution in [3.05, 3.63) is 47.0 Å². The third-order valence-electron chi connectivity index (χ3n) is 6.21. The average molecular weight is 398 g/mol. The Morgan fingerprint density at radius 1 is 1.17 bits per heavy atom. The zero-order valence-electron chi connectivity index (χ0n) is 17.6. The molecular weight excluding hydrogens is 366 g/mol. The monoisotopic (exact) mass is 397 g/mol. The van der Waals surface area contributed by atoms with Gasteiger partial charge < -0.3 is 4.90 Å². The molecule has 2 unspecified atom stereocenters. The van der Waals surface area contributed by atoms with E-state index in [4.69, 9.17) is 0 Å². The fraction of sp³-hybridized carbons (Fsp3) is 0.571. The van der Waals surface area contributed by atoms with Crippen LogP contribution in [0.15, 0.2) is 24.4 Å². The number of nitrogens with zero attached hydrogens (tertiary/aromatic N) is 5. The minimum Gasteiger partial charge on any atom is -0.339 e. The zero-order valence-corrected chi connectivity index (χ0v) is 17.6. The largest absolute Gasteiger partial charge is 0.339 e. The van der Waals surface area contributed by atoms with Crippen molar-refractivity contribution in [1.82, 2.24) is 35.4 Å². The molecule has 2 aliphatic rings. The zero-order chi connectivity index (χ0) is 20.4. The Labute approximate surface area is 172 Å². The SMILES string of the molecule is Cc1nn(C)c(C)c1C1CC(C(=O)N2CCN(CCc3ccccn3)CC2)NN1. The second-order valence-electron chi connectivity index (χ2n) is 8.08. The molecule has 4 rings (SSSR count). The summed E-state index contributed by atoms with van der Waals surface area (Å²) in [4.78, 5) is 21.8. The van der Waals surface area contributed by atoms with Crippen LogP contribution in [-0.2, 0) is 18.3 Å². The van der Waals surface area contributed by atoms with E-state index >= 15 is 0 Å². The molecule has 2 N–H and O–H groups in total. The van der Waals surface area contributed by atoms with E-state index in [0.29, 0.717) is 0 Å². The molecule has 0 aliphatic carbocycles. The molecule has 156 valence electrons. The molecular formula is C21H31N7O. The first-order valence-electron chi connectivity index (χ1n) is 10.4. The topological polar surface area (TPSA) is 78.3 Å². The van der Waals surface area contributed by atoms with Crippen molar-refractivity contribution >= 4 is 5.91 Å². The number of rotatable bonds is 5. The molecule has 2 aromatic rings. The molecule has 4 heterocycles. The maximum Gasteiger partial charge on any atom is 0.241 e. The Morgan fingerprint density at radius 3 is 2.62 bits per heavy atom. The van der Waals surface area contributed by atoms with Crippen molar-refractivity contribution in [3.8, 4) is 0 Å². The van der Waals surface area contributed by atoms with E-state index in [9.17, 15) is 4.79 Å². The highest BCUT2D eigenvalue weighted by Crippen LogP contribution is 2.28. The second-order valence-corrected chi connectivity index (χ2v) is 8.08. The van der Waals surface area contributed by atoms with Gasteiger partial charge in [0.1, 0.15) is 6.04 Å². The molecule has 2 fully saturated rings. The van der Waals surface area contributed by atoms with Crippen LogP contribution in [0.3, 0.4) is 0 Å². The molecule has 0 spiro atoms. The summed E-state index contributed by atoms with van der Waals surface area (Å²) in [5.41, 5.74) is 11.0.